The Morgan fingerprint density at radius 1 is 1.55 bits per heavy atom. The van der Waals surface area contributed by atoms with Crippen LogP contribution >= 0.6 is 15.9 Å². The van der Waals surface area contributed by atoms with Crippen LogP contribution in [0.25, 0.3) is 0 Å². The summed E-state index contributed by atoms with van der Waals surface area (Å²) in [5, 5.41) is 9.46. The van der Waals surface area contributed by atoms with Crippen molar-refractivity contribution >= 4 is 33.3 Å². The third kappa shape index (κ3) is 2.98. The number of hydrogen-bond donors (Lipinski definition) is 3. The number of rotatable bonds is 4. The third-order valence-corrected chi connectivity index (χ3v) is 3.72. The summed E-state index contributed by atoms with van der Waals surface area (Å²) < 4.78 is 0.889. The van der Waals surface area contributed by atoms with Gasteiger partial charge in [-0.15, -0.1) is 0 Å². The lowest BCUT2D eigenvalue weighted by atomic mass is 10.2. The van der Waals surface area contributed by atoms with Crippen LogP contribution in [-0.4, -0.2) is 21.1 Å². The molecule has 0 saturated heterocycles. The maximum atomic E-state index is 12.1. The summed E-state index contributed by atoms with van der Waals surface area (Å²) in [7, 11) is 0. The van der Waals surface area contributed by atoms with Gasteiger partial charge in [-0.3, -0.25) is 9.89 Å². The van der Waals surface area contributed by atoms with Gasteiger partial charge in [-0.2, -0.15) is 5.10 Å². The second-order valence-corrected chi connectivity index (χ2v) is 5.34. The molecule has 0 radical (unpaired) electrons. The molecule has 0 aliphatic rings. The largest absolute Gasteiger partial charge is 0.395 e. The Kier molecular flexibility index (Phi) is 4.39. The van der Waals surface area contributed by atoms with Crippen LogP contribution in [0.3, 0.4) is 0 Å². The Morgan fingerprint density at radius 2 is 2.30 bits per heavy atom. The van der Waals surface area contributed by atoms with E-state index in [1.54, 1.807) is 12.3 Å². The molecule has 0 unspecified atom stereocenters. The van der Waals surface area contributed by atoms with Crippen LogP contribution in [0.4, 0.5) is 11.5 Å². The summed E-state index contributed by atoms with van der Waals surface area (Å²) in [6, 6.07) is 1.78. The summed E-state index contributed by atoms with van der Waals surface area (Å²) in [4.78, 5) is 16.2. The summed E-state index contributed by atoms with van der Waals surface area (Å²) in [6.07, 6.45) is 3.34. The Labute approximate surface area is 125 Å². The van der Waals surface area contributed by atoms with Crippen LogP contribution in [0.15, 0.2) is 16.7 Å². The lowest BCUT2D eigenvalue weighted by molar-refractivity contribution is 0.102. The molecule has 4 N–H and O–H groups in total. The SMILES string of the molecule is CCCc1[nH]nc(C(=O)Nc2cc(C)c(Br)cn2)c1N. The Balaban J connectivity index is 2.17. The molecule has 2 aromatic heterocycles. The van der Waals surface area contributed by atoms with E-state index in [1.165, 1.54) is 0 Å². The highest BCUT2D eigenvalue weighted by Crippen LogP contribution is 2.19. The van der Waals surface area contributed by atoms with Crippen molar-refractivity contribution in [2.75, 3.05) is 11.1 Å². The molecular weight excluding hydrogens is 322 g/mol. The lowest BCUT2D eigenvalue weighted by Gasteiger charge is -2.05. The zero-order valence-electron chi connectivity index (χ0n) is 11.3. The molecule has 7 heteroatoms. The highest BCUT2D eigenvalue weighted by Gasteiger charge is 2.17. The van der Waals surface area contributed by atoms with E-state index in [9.17, 15) is 4.79 Å². The molecule has 0 spiro atoms. The van der Waals surface area contributed by atoms with Gasteiger partial charge in [-0.05, 0) is 40.9 Å². The number of nitrogen functional groups attached to an aromatic ring is 1. The summed E-state index contributed by atoms with van der Waals surface area (Å²) in [5.74, 6) is 0.102. The van der Waals surface area contributed by atoms with E-state index in [0.717, 1.165) is 28.6 Å². The Bertz CT molecular complexity index is 638. The van der Waals surface area contributed by atoms with Gasteiger partial charge in [0.05, 0.1) is 11.4 Å². The second kappa shape index (κ2) is 6.04. The lowest BCUT2D eigenvalue weighted by Crippen LogP contribution is -2.15. The number of aromatic amines is 1. The molecule has 2 heterocycles. The van der Waals surface area contributed by atoms with Crippen molar-refractivity contribution in [3.05, 3.63) is 33.7 Å². The van der Waals surface area contributed by atoms with Crippen LogP contribution in [0.2, 0.25) is 0 Å². The van der Waals surface area contributed by atoms with E-state index in [1.807, 2.05) is 13.8 Å². The number of pyridine rings is 1. The van der Waals surface area contributed by atoms with Crippen molar-refractivity contribution in [3.8, 4) is 0 Å². The van der Waals surface area contributed by atoms with Crippen LogP contribution in [0.1, 0.15) is 35.1 Å². The topological polar surface area (TPSA) is 96.7 Å². The van der Waals surface area contributed by atoms with Crippen LogP contribution in [0.5, 0.6) is 0 Å². The fraction of sp³-hybridized carbons (Fsp3) is 0.308. The number of nitrogens with one attached hydrogen (secondary N) is 2. The first kappa shape index (κ1) is 14.5. The maximum Gasteiger partial charge on any atom is 0.279 e. The smallest absolute Gasteiger partial charge is 0.279 e. The Hall–Kier alpha value is -1.89. The van der Waals surface area contributed by atoms with E-state index in [0.29, 0.717) is 11.5 Å². The van der Waals surface area contributed by atoms with Gasteiger partial charge in [0.1, 0.15) is 5.82 Å². The molecule has 6 nitrogen and oxygen atoms in total. The number of carbonyl (C=O) groups is 1. The number of nitrogens with zero attached hydrogens (tertiary/aromatic N) is 2. The second-order valence-electron chi connectivity index (χ2n) is 4.49. The van der Waals surface area contributed by atoms with E-state index in [-0.39, 0.29) is 11.6 Å². The molecule has 0 saturated carbocycles. The van der Waals surface area contributed by atoms with Crippen LogP contribution < -0.4 is 11.1 Å². The minimum atomic E-state index is -0.365. The molecule has 0 bridgehead atoms. The van der Waals surface area contributed by atoms with Gasteiger partial charge < -0.3 is 11.1 Å². The van der Waals surface area contributed by atoms with Gasteiger partial charge in [0.2, 0.25) is 0 Å². The maximum absolute atomic E-state index is 12.1. The van der Waals surface area contributed by atoms with Crippen molar-refractivity contribution in [1.82, 2.24) is 15.2 Å². The number of halogens is 1. The predicted octanol–water partition coefficient (Wildman–Crippen LogP) is 2.66. The van der Waals surface area contributed by atoms with Gasteiger partial charge in [-0.1, -0.05) is 13.3 Å². The van der Waals surface area contributed by atoms with Gasteiger partial charge >= 0.3 is 0 Å². The standard InChI is InChI=1S/C13H16BrN5O/c1-3-4-9-11(15)12(19-18-9)13(20)17-10-5-7(2)8(14)6-16-10/h5-6H,3-4,15H2,1-2H3,(H,18,19)(H,16,17,20). The molecule has 106 valence electrons. The van der Waals surface area contributed by atoms with Crippen molar-refractivity contribution in [2.45, 2.75) is 26.7 Å². The highest BCUT2D eigenvalue weighted by atomic mass is 79.9. The summed E-state index contributed by atoms with van der Waals surface area (Å²) >= 11 is 3.36. The fourth-order valence-corrected chi connectivity index (χ4v) is 2.00. The molecule has 0 aliphatic carbocycles. The molecule has 1 amide bonds. The fourth-order valence-electron chi connectivity index (χ4n) is 1.78. The van der Waals surface area contributed by atoms with Crippen molar-refractivity contribution in [2.24, 2.45) is 0 Å². The number of carbonyl (C=O) groups excluding carboxylic acids is 1. The quantitative estimate of drug-likeness (QED) is 0.798. The number of aromatic nitrogens is 3. The first-order valence-electron chi connectivity index (χ1n) is 6.29. The predicted molar refractivity (Wildman–Crippen MR) is 81.6 cm³/mol. The summed E-state index contributed by atoms with van der Waals surface area (Å²) in [6.45, 7) is 3.96. The zero-order valence-corrected chi connectivity index (χ0v) is 12.9. The first-order valence-corrected chi connectivity index (χ1v) is 7.08. The molecule has 0 atom stereocenters. The third-order valence-electron chi connectivity index (χ3n) is 2.89. The number of nitrogens with two attached hydrogens (primary N) is 1. The van der Waals surface area contributed by atoms with Gasteiger partial charge in [-0.25, -0.2) is 4.98 Å². The summed E-state index contributed by atoms with van der Waals surface area (Å²) in [5.41, 5.74) is 8.29. The minimum Gasteiger partial charge on any atom is -0.395 e. The number of hydrogen-bond acceptors (Lipinski definition) is 4. The van der Waals surface area contributed by atoms with E-state index < -0.39 is 0 Å². The minimum absolute atomic E-state index is 0.204. The average molecular weight is 338 g/mol. The molecular formula is C13H16BrN5O. The Morgan fingerprint density at radius 3 is 2.95 bits per heavy atom. The van der Waals surface area contributed by atoms with Gasteiger partial charge in [0, 0.05) is 10.7 Å². The number of anilines is 2. The van der Waals surface area contributed by atoms with Gasteiger partial charge in [0.15, 0.2) is 5.69 Å². The first-order chi connectivity index (χ1) is 9.52. The molecule has 20 heavy (non-hydrogen) atoms. The van der Waals surface area contributed by atoms with E-state index in [4.69, 9.17) is 5.73 Å². The van der Waals surface area contributed by atoms with Crippen molar-refractivity contribution in [1.29, 1.82) is 0 Å². The molecule has 2 rings (SSSR count). The molecule has 0 fully saturated rings. The van der Waals surface area contributed by atoms with E-state index in [2.05, 4.69) is 36.4 Å². The zero-order chi connectivity index (χ0) is 14.7. The average Bonchev–Trinajstić information content (AvgIpc) is 2.76. The molecule has 2 aromatic rings. The monoisotopic (exact) mass is 337 g/mol. The number of H-pyrrole nitrogens is 1. The van der Waals surface area contributed by atoms with Crippen LogP contribution in [-0.2, 0) is 6.42 Å². The molecule has 0 aromatic carbocycles. The molecule has 0 aliphatic heterocycles. The van der Waals surface area contributed by atoms with Crippen LogP contribution in [0, 0.1) is 6.92 Å². The van der Waals surface area contributed by atoms with Crippen molar-refractivity contribution in [3.63, 3.8) is 0 Å². The number of amides is 1. The van der Waals surface area contributed by atoms with Crippen molar-refractivity contribution < 1.29 is 4.79 Å². The normalized spacial score (nSPS) is 10.6. The van der Waals surface area contributed by atoms with Gasteiger partial charge in [0.25, 0.3) is 5.91 Å². The highest BCUT2D eigenvalue weighted by molar-refractivity contribution is 9.10. The van der Waals surface area contributed by atoms with E-state index >= 15 is 0 Å². The number of aryl methyl sites for hydroxylation is 2.